The van der Waals surface area contributed by atoms with Crippen LogP contribution in [0.2, 0.25) is 0 Å². The molecule has 4 N–H and O–H groups in total. The summed E-state index contributed by atoms with van der Waals surface area (Å²) in [5.41, 5.74) is 13.5. The molecule has 0 amide bonds. The monoisotopic (exact) mass is 326 g/mol. The largest absolute Gasteiger partial charge is 0.328 e. The van der Waals surface area contributed by atoms with E-state index in [1.54, 1.807) is 0 Å². The van der Waals surface area contributed by atoms with Crippen LogP contribution in [-0.2, 0) is 5.54 Å². The molecule has 0 bridgehead atoms. The van der Waals surface area contributed by atoms with Crippen molar-refractivity contribution in [3.05, 3.63) is 59.9 Å². The molecular formula is C16H14N4S2. The Labute approximate surface area is 135 Å². The number of fused-ring (bicyclic) bond motifs is 2. The molecule has 4 nitrogen and oxygen atoms in total. The number of aromatic nitrogens is 2. The highest BCUT2D eigenvalue weighted by atomic mass is 32.1. The van der Waals surface area contributed by atoms with Crippen LogP contribution in [0.1, 0.15) is 11.4 Å². The van der Waals surface area contributed by atoms with Gasteiger partial charge in [0.2, 0.25) is 0 Å². The molecule has 0 aliphatic carbocycles. The second-order valence-corrected chi connectivity index (χ2v) is 6.84. The molecule has 0 unspecified atom stereocenters. The Morgan fingerprint density at radius 3 is 1.73 bits per heavy atom. The summed E-state index contributed by atoms with van der Waals surface area (Å²) in [6, 6.07) is 16.2. The zero-order valence-corrected chi connectivity index (χ0v) is 13.3. The van der Waals surface area contributed by atoms with Crippen LogP contribution in [0.4, 0.5) is 0 Å². The van der Waals surface area contributed by atoms with Crippen molar-refractivity contribution in [2.45, 2.75) is 5.54 Å². The Morgan fingerprint density at radius 2 is 1.27 bits per heavy atom. The van der Waals surface area contributed by atoms with Crippen molar-refractivity contribution in [3.8, 4) is 0 Å². The van der Waals surface area contributed by atoms with Gasteiger partial charge in [0.05, 0.1) is 20.8 Å². The summed E-state index contributed by atoms with van der Waals surface area (Å²) >= 11 is 2.90. The molecule has 4 aromatic rings. The second kappa shape index (κ2) is 5.10. The first kappa shape index (κ1) is 13.8. The minimum Gasteiger partial charge on any atom is -0.328 e. The van der Waals surface area contributed by atoms with Gasteiger partial charge in [-0.05, 0) is 35.2 Å². The summed E-state index contributed by atoms with van der Waals surface area (Å²) < 4.78 is 11.4. The van der Waals surface area contributed by atoms with Crippen molar-refractivity contribution in [3.63, 3.8) is 0 Å². The number of hydrogen-bond acceptors (Lipinski definition) is 6. The Bertz CT molecular complexity index is 883. The van der Waals surface area contributed by atoms with Crippen LogP contribution in [-0.4, -0.2) is 15.3 Å². The summed E-state index contributed by atoms with van der Waals surface area (Å²) in [4.78, 5) is 0. The van der Waals surface area contributed by atoms with E-state index in [-0.39, 0.29) is 6.54 Å². The molecule has 2 heterocycles. The SMILES string of the molecule is NCC(N)(c1nsc2ccccc12)c1nsc2ccccc12. The maximum atomic E-state index is 6.72. The third kappa shape index (κ3) is 1.89. The van der Waals surface area contributed by atoms with Crippen LogP contribution in [0, 0.1) is 0 Å². The molecule has 0 spiro atoms. The van der Waals surface area contributed by atoms with E-state index in [0.29, 0.717) is 0 Å². The average Bonchev–Trinajstić information content (AvgIpc) is 3.19. The molecule has 4 rings (SSSR count). The van der Waals surface area contributed by atoms with Gasteiger partial charge in [0.15, 0.2) is 0 Å². The molecule has 0 aliphatic rings. The lowest BCUT2D eigenvalue weighted by Crippen LogP contribution is -2.46. The quantitative estimate of drug-likeness (QED) is 0.606. The van der Waals surface area contributed by atoms with E-state index in [4.69, 9.17) is 11.5 Å². The Balaban J connectivity index is 2.00. The van der Waals surface area contributed by atoms with Crippen molar-refractivity contribution in [1.82, 2.24) is 8.75 Å². The first-order chi connectivity index (χ1) is 10.7. The third-order valence-electron chi connectivity index (χ3n) is 3.92. The molecule has 110 valence electrons. The number of hydrogen-bond donors (Lipinski definition) is 2. The third-order valence-corrected chi connectivity index (χ3v) is 5.58. The number of rotatable bonds is 3. The topological polar surface area (TPSA) is 77.8 Å². The fraction of sp³-hybridized carbons (Fsp3) is 0.125. The van der Waals surface area contributed by atoms with E-state index in [1.807, 2.05) is 48.5 Å². The predicted octanol–water partition coefficient (Wildman–Crippen LogP) is 3.07. The average molecular weight is 326 g/mol. The lowest BCUT2D eigenvalue weighted by molar-refractivity contribution is 0.537. The van der Waals surface area contributed by atoms with E-state index in [9.17, 15) is 0 Å². The molecular weight excluding hydrogens is 312 g/mol. The van der Waals surface area contributed by atoms with Crippen molar-refractivity contribution in [2.75, 3.05) is 6.54 Å². The van der Waals surface area contributed by atoms with Crippen molar-refractivity contribution in [1.29, 1.82) is 0 Å². The van der Waals surface area contributed by atoms with Crippen LogP contribution >= 0.6 is 23.1 Å². The summed E-state index contributed by atoms with van der Waals surface area (Å²) in [5.74, 6) is 0. The lowest BCUT2D eigenvalue weighted by Gasteiger charge is -2.25. The van der Waals surface area contributed by atoms with Gasteiger partial charge in [-0.25, -0.2) is 0 Å². The first-order valence-corrected chi connectivity index (χ1v) is 8.47. The van der Waals surface area contributed by atoms with Crippen molar-refractivity contribution >= 4 is 43.2 Å². The highest BCUT2D eigenvalue weighted by Crippen LogP contribution is 2.37. The minimum atomic E-state index is -0.876. The molecule has 0 saturated carbocycles. The fourth-order valence-corrected chi connectivity index (χ4v) is 4.43. The van der Waals surface area contributed by atoms with Crippen LogP contribution < -0.4 is 11.5 Å². The zero-order valence-electron chi connectivity index (χ0n) is 11.7. The molecule has 0 fully saturated rings. The standard InChI is InChI=1S/C16H14N4S2/c17-9-16(18,14-10-5-1-3-7-12(10)21-19-14)15-11-6-2-4-8-13(11)22-20-15/h1-8H,9,17-18H2. The van der Waals surface area contributed by atoms with Gasteiger partial charge in [-0.3, -0.25) is 0 Å². The Morgan fingerprint density at radius 1 is 0.818 bits per heavy atom. The fourth-order valence-electron chi connectivity index (χ4n) is 2.72. The van der Waals surface area contributed by atoms with Gasteiger partial charge in [-0.15, -0.1) is 0 Å². The maximum Gasteiger partial charge on any atom is 0.117 e. The summed E-state index contributed by atoms with van der Waals surface area (Å²) in [7, 11) is 0. The van der Waals surface area contributed by atoms with Crippen molar-refractivity contribution in [2.24, 2.45) is 11.5 Å². The maximum absolute atomic E-state index is 6.72. The van der Waals surface area contributed by atoms with Gasteiger partial charge in [-0.2, -0.15) is 8.75 Å². The van der Waals surface area contributed by atoms with Crippen LogP contribution in [0.25, 0.3) is 20.2 Å². The van der Waals surface area contributed by atoms with Crippen LogP contribution in [0.5, 0.6) is 0 Å². The van der Waals surface area contributed by atoms with E-state index in [2.05, 4.69) is 8.75 Å². The van der Waals surface area contributed by atoms with Gasteiger partial charge in [0.1, 0.15) is 5.54 Å². The van der Waals surface area contributed by atoms with Gasteiger partial charge in [0.25, 0.3) is 0 Å². The smallest absolute Gasteiger partial charge is 0.117 e. The summed E-state index contributed by atoms with van der Waals surface area (Å²) in [6.45, 7) is 0.258. The number of nitrogens with zero attached hydrogens (tertiary/aromatic N) is 2. The van der Waals surface area contributed by atoms with Gasteiger partial charge >= 0.3 is 0 Å². The summed E-state index contributed by atoms with van der Waals surface area (Å²) in [5, 5.41) is 2.11. The molecule has 0 atom stereocenters. The molecule has 22 heavy (non-hydrogen) atoms. The number of nitrogens with two attached hydrogens (primary N) is 2. The van der Waals surface area contributed by atoms with Gasteiger partial charge in [-0.1, -0.05) is 36.4 Å². The van der Waals surface area contributed by atoms with E-state index in [1.165, 1.54) is 23.1 Å². The van der Waals surface area contributed by atoms with Crippen molar-refractivity contribution < 1.29 is 0 Å². The molecule has 6 heteroatoms. The van der Waals surface area contributed by atoms with E-state index in [0.717, 1.165) is 31.6 Å². The van der Waals surface area contributed by atoms with Crippen LogP contribution in [0.15, 0.2) is 48.5 Å². The molecule has 2 aromatic heterocycles. The molecule has 0 radical (unpaired) electrons. The van der Waals surface area contributed by atoms with Crippen LogP contribution in [0.3, 0.4) is 0 Å². The highest BCUT2D eigenvalue weighted by molar-refractivity contribution is 7.13. The molecule has 2 aromatic carbocycles. The summed E-state index contributed by atoms with van der Waals surface area (Å²) in [6.07, 6.45) is 0. The van der Waals surface area contributed by atoms with E-state index >= 15 is 0 Å². The van der Waals surface area contributed by atoms with Gasteiger partial charge < -0.3 is 11.5 Å². The highest BCUT2D eigenvalue weighted by Gasteiger charge is 2.36. The minimum absolute atomic E-state index is 0.258. The normalized spacial score (nSPS) is 12.3. The zero-order chi connectivity index (χ0) is 15.2. The molecule has 0 saturated heterocycles. The van der Waals surface area contributed by atoms with E-state index < -0.39 is 5.54 Å². The Hall–Kier alpha value is -1.86. The Kier molecular flexibility index (Phi) is 3.19. The number of benzene rings is 2. The molecule has 0 aliphatic heterocycles. The van der Waals surface area contributed by atoms with Gasteiger partial charge in [0, 0.05) is 17.3 Å². The first-order valence-electron chi connectivity index (χ1n) is 6.93. The second-order valence-electron chi connectivity index (χ2n) is 5.23. The lowest BCUT2D eigenvalue weighted by atomic mass is 9.88. The predicted molar refractivity (Wildman–Crippen MR) is 93.3 cm³/mol.